The summed E-state index contributed by atoms with van der Waals surface area (Å²) in [4.78, 5) is 13.4. The summed E-state index contributed by atoms with van der Waals surface area (Å²) >= 11 is 0. The summed E-state index contributed by atoms with van der Waals surface area (Å²) in [6, 6.07) is 8.24. The number of anilines is 1. The number of nitrogens with zero attached hydrogens (tertiary/aromatic N) is 4. The van der Waals surface area contributed by atoms with Crippen LogP contribution in [-0.4, -0.2) is 59.3 Å². The Hall–Kier alpha value is -1.72. The number of likely N-dealkylation sites (N-methyl/N-ethyl adjacent to an activating group) is 1. The Morgan fingerprint density at radius 3 is 2.95 bits per heavy atom. The van der Waals surface area contributed by atoms with E-state index in [1.807, 2.05) is 44.6 Å². The fourth-order valence-corrected chi connectivity index (χ4v) is 2.83. The summed E-state index contributed by atoms with van der Waals surface area (Å²) in [5.41, 5.74) is 0.947. The van der Waals surface area contributed by atoms with Crippen molar-refractivity contribution < 1.29 is 5.11 Å². The van der Waals surface area contributed by atoms with Crippen molar-refractivity contribution in [2.24, 2.45) is 0 Å². The summed E-state index contributed by atoms with van der Waals surface area (Å²) in [5.74, 6) is 0.715. The fraction of sp³-hybridized carbons (Fsp3) is 0.467. The predicted octanol–water partition coefficient (Wildman–Crippen LogP) is 1.13. The predicted molar refractivity (Wildman–Crippen MR) is 79.8 cm³/mol. The zero-order valence-electron chi connectivity index (χ0n) is 11.9. The smallest absolute Gasteiger partial charge is 0.226 e. The summed E-state index contributed by atoms with van der Waals surface area (Å²) < 4.78 is 0. The van der Waals surface area contributed by atoms with Gasteiger partial charge < -0.3 is 14.9 Å². The third-order valence-electron chi connectivity index (χ3n) is 3.70. The van der Waals surface area contributed by atoms with Crippen LogP contribution >= 0.6 is 0 Å². The van der Waals surface area contributed by atoms with Crippen molar-refractivity contribution in [3.63, 3.8) is 0 Å². The maximum absolute atomic E-state index is 9.94. The second-order valence-electron chi connectivity index (χ2n) is 5.69. The van der Waals surface area contributed by atoms with Crippen LogP contribution in [0, 0.1) is 0 Å². The first-order chi connectivity index (χ1) is 9.63. The Labute approximate surface area is 118 Å². The van der Waals surface area contributed by atoms with E-state index >= 15 is 0 Å². The quantitative estimate of drug-likeness (QED) is 0.908. The molecule has 2 unspecified atom stereocenters. The van der Waals surface area contributed by atoms with Crippen LogP contribution in [0.2, 0.25) is 0 Å². The van der Waals surface area contributed by atoms with E-state index in [1.165, 1.54) is 0 Å². The van der Waals surface area contributed by atoms with Gasteiger partial charge in [-0.1, -0.05) is 18.2 Å². The van der Waals surface area contributed by atoms with Gasteiger partial charge in [-0.05, 0) is 26.6 Å². The molecule has 1 aliphatic heterocycles. The van der Waals surface area contributed by atoms with Gasteiger partial charge in [-0.25, -0.2) is 9.97 Å². The minimum absolute atomic E-state index is 0.265. The minimum atomic E-state index is -0.296. The lowest BCUT2D eigenvalue weighted by atomic mass is 10.2. The molecule has 3 rings (SSSR count). The summed E-state index contributed by atoms with van der Waals surface area (Å²) in [6.07, 6.45) is 2.33. The van der Waals surface area contributed by atoms with E-state index in [2.05, 4.69) is 19.8 Å². The number of aromatic nitrogens is 2. The van der Waals surface area contributed by atoms with Gasteiger partial charge in [0.15, 0.2) is 0 Å². The summed E-state index contributed by atoms with van der Waals surface area (Å²) in [5, 5.41) is 11.0. The molecule has 0 bridgehead atoms. The normalized spacial score (nSPS) is 22.9. The van der Waals surface area contributed by atoms with E-state index < -0.39 is 0 Å². The van der Waals surface area contributed by atoms with Crippen LogP contribution in [0.3, 0.4) is 0 Å². The SMILES string of the molecule is CN(C)CC1CC(O)CN1c1ncc2ccccc2n1. The Morgan fingerprint density at radius 2 is 2.15 bits per heavy atom. The van der Waals surface area contributed by atoms with E-state index in [0.29, 0.717) is 12.5 Å². The fourth-order valence-electron chi connectivity index (χ4n) is 2.83. The number of hydrogen-bond donors (Lipinski definition) is 1. The summed E-state index contributed by atoms with van der Waals surface area (Å²) in [7, 11) is 4.09. The molecule has 2 heterocycles. The van der Waals surface area contributed by atoms with E-state index in [9.17, 15) is 5.11 Å². The zero-order valence-corrected chi connectivity index (χ0v) is 11.9. The molecule has 2 atom stereocenters. The molecule has 5 heteroatoms. The molecule has 0 aliphatic carbocycles. The van der Waals surface area contributed by atoms with Gasteiger partial charge in [0.25, 0.3) is 0 Å². The maximum Gasteiger partial charge on any atom is 0.226 e. The van der Waals surface area contributed by atoms with Crippen LogP contribution in [0.5, 0.6) is 0 Å². The average molecular weight is 272 g/mol. The lowest BCUT2D eigenvalue weighted by Crippen LogP contribution is -2.38. The number of para-hydroxylation sites is 1. The second-order valence-corrected chi connectivity index (χ2v) is 5.69. The van der Waals surface area contributed by atoms with Crippen LogP contribution in [0.15, 0.2) is 30.5 Å². The molecule has 20 heavy (non-hydrogen) atoms. The molecule has 106 valence electrons. The minimum Gasteiger partial charge on any atom is -0.391 e. The highest BCUT2D eigenvalue weighted by Gasteiger charge is 2.32. The number of benzene rings is 1. The molecule has 1 N–H and O–H groups in total. The Balaban J connectivity index is 1.92. The van der Waals surface area contributed by atoms with Crippen LogP contribution in [-0.2, 0) is 0 Å². The van der Waals surface area contributed by atoms with Gasteiger partial charge in [0.05, 0.1) is 11.6 Å². The average Bonchev–Trinajstić information content (AvgIpc) is 2.78. The first-order valence-corrected chi connectivity index (χ1v) is 6.94. The zero-order chi connectivity index (χ0) is 14.1. The van der Waals surface area contributed by atoms with Crippen molar-refractivity contribution >= 4 is 16.9 Å². The molecule has 2 aromatic rings. The first-order valence-electron chi connectivity index (χ1n) is 6.94. The number of fused-ring (bicyclic) bond motifs is 1. The number of aliphatic hydroxyl groups is 1. The topological polar surface area (TPSA) is 52.5 Å². The molecule has 5 nitrogen and oxygen atoms in total. The highest BCUT2D eigenvalue weighted by atomic mass is 16.3. The molecule has 0 saturated carbocycles. The van der Waals surface area contributed by atoms with Crippen molar-refractivity contribution in [1.29, 1.82) is 0 Å². The van der Waals surface area contributed by atoms with Gasteiger partial charge in [0, 0.05) is 30.7 Å². The molecule has 0 spiro atoms. The molecule has 0 amide bonds. The number of rotatable bonds is 3. The van der Waals surface area contributed by atoms with Crippen LogP contribution in [0.1, 0.15) is 6.42 Å². The molecule has 1 aromatic carbocycles. The van der Waals surface area contributed by atoms with Crippen molar-refractivity contribution in [3.8, 4) is 0 Å². The van der Waals surface area contributed by atoms with E-state index in [4.69, 9.17) is 0 Å². The van der Waals surface area contributed by atoms with Gasteiger partial charge in [0.1, 0.15) is 0 Å². The van der Waals surface area contributed by atoms with Crippen LogP contribution in [0.25, 0.3) is 10.9 Å². The largest absolute Gasteiger partial charge is 0.391 e. The lowest BCUT2D eigenvalue weighted by Gasteiger charge is -2.26. The maximum atomic E-state index is 9.94. The number of aliphatic hydroxyl groups excluding tert-OH is 1. The Bertz CT molecular complexity index is 601. The van der Waals surface area contributed by atoms with Gasteiger partial charge in [-0.15, -0.1) is 0 Å². The highest BCUT2D eigenvalue weighted by Crippen LogP contribution is 2.24. The molecule has 1 aromatic heterocycles. The third kappa shape index (κ3) is 2.59. The molecular formula is C15H20N4O. The second kappa shape index (κ2) is 5.34. The molecule has 0 radical (unpaired) electrons. The highest BCUT2D eigenvalue weighted by molar-refractivity contribution is 5.78. The van der Waals surface area contributed by atoms with E-state index in [0.717, 1.165) is 23.9 Å². The standard InChI is InChI=1S/C15H20N4O/c1-18(2)9-12-7-13(20)10-19(12)15-16-8-11-5-3-4-6-14(11)17-15/h3-6,8,12-13,20H,7,9-10H2,1-2H3. The molecule has 1 aliphatic rings. The molecule has 1 saturated heterocycles. The van der Waals surface area contributed by atoms with E-state index in [-0.39, 0.29) is 12.1 Å². The molecule has 1 fully saturated rings. The van der Waals surface area contributed by atoms with Crippen molar-refractivity contribution in [3.05, 3.63) is 30.5 Å². The van der Waals surface area contributed by atoms with E-state index in [1.54, 1.807) is 0 Å². The van der Waals surface area contributed by atoms with Crippen molar-refractivity contribution in [2.45, 2.75) is 18.6 Å². The Morgan fingerprint density at radius 1 is 1.35 bits per heavy atom. The first kappa shape index (κ1) is 13.3. The van der Waals surface area contributed by atoms with Gasteiger partial charge in [0.2, 0.25) is 5.95 Å². The van der Waals surface area contributed by atoms with Crippen LogP contribution < -0.4 is 4.90 Å². The van der Waals surface area contributed by atoms with Crippen molar-refractivity contribution in [2.75, 3.05) is 32.1 Å². The Kier molecular flexibility index (Phi) is 3.54. The van der Waals surface area contributed by atoms with Gasteiger partial charge in [-0.3, -0.25) is 0 Å². The van der Waals surface area contributed by atoms with Gasteiger partial charge in [-0.2, -0.15) is 0 Å². The number of hydrogen-bond acceptors (Lipinski definition) is 5. The lowest BCUT2D eigenvalue weighted by molar-refractivity contribution is 0.191. The van der Waals surface area contributed by atoms with Crippen LogP contribution in [0.4, 0.5) is 5.95 Å². The van der Waals surface area contributed by atoms with Gasteiger partial charge >= 0.3 is 0 Å². The summed E-state index contributed by atoms with van der Waals surface area (Å²) in [6.45, 7) is 1.50. The van der Waals surface area contributed by atoms with Crippen molar-refractivity contribution in [1.82, 2.24) is 14.9 Å². The third-order valence-corrected chi connectivity index (χ3v) is 3.70. The number of β-amino-alcohol motifs (C(OH)–C–C–N with tert-alkyl or cyclic N) is 1. The molecular weight excluding hydrogens is 252 g/mol. The monoisotopic (exact) mass is 272 g/mol.